The monoisotopic (exact) mass is 341 g/mol. The molecule has 3 rings (SSSR count). The van der Waals surface area contributed by atoms with Crippen molar-refractivity contribution >= 4 is 32.7 Å². The third-order valence-electron chi connectivity index (χ3n) is 3.24. The maximum atomic E-state index is 11.6. The normalized spacial score (nSPS) is 10.7. The van der Waals surface area contributed by atoms with E-state index in [9.17, 15) is 4.79 Å². The number of fused-ring (bicyclic) bond motifs is 1. The molecule has 1 aromatic carbocycles. The van der Waals surface area contributed by atoms with E-state index in [2.05, 4.69) is 25.9 Å². The smallest absolute Gasteiger partial charge is 0.267 e. The summed E-state index contributed by atoms with van der Waals surface area (Å²) < 4.78 is 1.02. The molecule has 0 atom stereocenters. The van der Waals surface area contributed by atoms with Crippen molar-refractivity contribution in [2.75, 3.05) is 0 Å². The summed E-state index contributed by atoms with van der Waals surface area (Å²) in [6.07, 6.45) is 3.98. The van der Waals surface area contributed by atoms with E-state index in [4.69, 9.17) is 5.73 Å². The van der Waals surface area contributed by atoms with Gasteiger partial charge in [0.2, 0.25) is 0 Å². The lowest BCUT2D eigenvalue weighted by molar-refractivity contribution is 0.0995. The van der Waals surface area contributed by atoms with Gasteiger partial charge in [0.15, 0.2) is 0 Å². The lowest BCUT2D eigenvalue weighted by Gasteiger charge is -2.08. The Hall–Kier alpha value is -2.27. The minimum Gasteiger partial charge on any atom is -0.364 e. The van der Waals surface area contributed by atoms with Crippen molar-refractivity contribution in [1.82, 2.24) is 9.97 Å². The van der Waals surface area contributed by atoms with Gasteiger partial charge in [0.05, 0.1) is 5.52 Å². The van der Waals surface area contributed by atoms with Gasteiger partial charge in [-0.15, -0.1) is 0 Å². The Kier molecular flexibility index (Phi) is 3.66. The molecule has 0 radical (unpaired) electrons. The first-order chi connectivity index (χ1) is 10.1. The molecule has 2 aromatic heterocycles. The number of carbonyl (C=O) groups excluding carboxylic acids is 1. The second-order valence-electron chi connectivity index (χ2n) is 4.73. The summed E-state index contributed by atoms with van der Waals surface area (Å²) in [4.78, 5) is 20.1. The molecule has 4 nitrogen and oxygen atoms in total. The van der Waals surface area contributed by atoms with Crippen LogP contribution in [-0.2, 0) is 6.42 Å². The molecule has 21 heavy (non-hydrogen) atoms. The van der Waals surface area contributed by atoms with Crippen LogP contribution in [-0.4, -0.2) is 15.9 Å². The molecule has 104 valence electrons. The van der Waals surface area contributed by atoms with Gasteiger partial charge in [-0.1, -0.05) is 28.1 Å². The van der Waals surface area contributed by atoms with E-state index in [-0.39, 0.29) is 0 Å². The number of carbonyl (C=O) groups is 1. The van der Waals surface area contributed by atoms with Crippen LogP contribution in [0.15, 0.2) is 53.3 Å². The standard InChI is InChI=1S/C16H12BrN3O/c17-13-3-1-10(2-4-13)7-11-8-12-9-19-6-5-14(12)20-15(11)16(18)21/h1-6,8-9H,7H2,(H2,18,21). The maximum absolute atomic E-state index is 11.6. The van der Waals surface area contributed by atoms with Gasteiger partial charge in [0, 0.05) is 22.3 Å². The first-order valence-corrected chi connectivity index (χ1v) is 7.20. The maximum Gasteiger partial charge on any atom is 0.267 e. The molecule has 2 heterocycles. The zero-order valence-corrected chi connectivity index (χ0v) is 12.7. The Morgan fingerprint density at radius 3 is 2.67 bits per heavy atom. The van der Waals surface area contributed by atoms with Crippen LogP contribution >= 0.6 is 15.9 Å². The van der Waals surface area contributed by atoms with Crippen molar-refractivity contribution in [2.24, 2.45) is 5.73 Å². The molecule has 0 unspecified atom stereocenters. The molecule has 0 aliphatic heterocycles. The van der Waals surface area contributed by atoms with Gasteiger partial charge in [-0.25, -0.2) is 4.98 Å². The molecule has 0 fully saturated rings. The van der Waals surface area contributed by atoms with Gasteiger partial charge in [-0.3, -0.25) is 9.78 Å². The van der Waals surface area contributed by atoms with E-state index in [1.807, 2.05) is 30.3 Å². The van der Waals surface area contributed by atoms with Gasteiger partial charge in [0.1, 0.15) is 5.69 Å². The van der Waals surface area contributed by atoms with Gasteiger partial charge in [0.25, 0.3) is 5.91 Å². The highest BCUT2D eigenvalue weighted by atomic mass is 79.9. The number of pyridine rings is 2. The Bertz CT molecular complexity index is 815. The highest BCUT2D eigenvalue weighted by molar-refractivity contribution is 9.10. The van der Waals surface area contributed by atoms with Crippen LogP contribution < -0.4 is 5.73 Å². The second kappa shape index (κ2) is 5.61. The fourth-order valence-electron chi connectivity index (χ4n) is 2.23. The van der Waals surface area contributed by atoms with Gasteiger partial charge < -0.3 is 5.73 Å². The molecule has 3 aromatic rings. The summed E-state index contributed by atoms with van der Waals surface area (Å²) >= 11 is 3.41. The van der Waals surface area contributed by atoms with E-state index in [0.717, 1.165) is 26.5 Å². The third kappa shape index (κ3) is 2.92. The number of halogens is 1. The van der Waals surface area contributed by atoms with Crippen molar-refractivity contribution in [1.29, 1.82) is 0 Å². The largest absolute Gasteiger partial charge is 0.364 e. The van der Waals surface area contributed by atoms with Crippen LogP contribution in [0.2, 0.25) is 0 Å². The molecule has 1 amide bonds. The van der Waals surface area contributed by atoms with Crippen LogP contribution in [0.1, 0.15) is 21.6 Å². The molecule has 0 aliphatic carbocycles. The SMILES string of the molecule is NC(=O)c1nc2ccncc2cc1Cc1ccc(Br)cc1. The minimum atomic E-state index is -0.513. The lowest BCUT2D eigenvalue weighted by atomic mass is 10.0. The lowest BCUT2D eigenvalue weighted by Crippen LogP contribution is -2.16. The van der Waals surface area contributed by atoms with E-state index in [1.54, 1.807) is 18.5 Å². The molecular weight excluding hydrogens is 330 g/mol. The van der Waals surface area contributed by atoms with E-state index in [1.165, 1.54) is 0 Å². The van der Waals surface area contributed by atoms with Crippen LogP contribution in [0.4, 0.5) is 0 Å². The number of hydrogen-bond acceptors (Lipinski definition) is 3. The van der Waals surface area contributed by atoms with Crippen LogP contribution in [0.25, 0.3) is 10.9 Å². The molecule has 0 aliphatic rings. The average molecular weight is 342 g/mol. The summed E-state index contributed by atoms with van der Waals surface area (Å²) in [5.74, 6) is -0.513. The molecule has 0 bridgehead atoms. The number of hydrogen-bond donors (Lipinski definition) is 1. The number of nitrogens with two attached hydrogens (primary N) is 1. The van der Waals surface area contributed by atoms with Crippen LogP contribution in [0.5, 0.6) is 0 Å². The second-order valence-corrected chi connectivity index (χ2v) is 5.65. The van der Waals surface area contributed by atoms with Crippen molar-refractivity contribution < 1.29 is 4.79 Å². The molecular formula is C16H12BrN3O. The molecule has 2 N–H and O–H groups in total. The van der Waals surface area contributed by atoms with Crippen molar-refractivity contribution in [3.05, 3.63) is 70.1 Å². The average Bonchev–Trinajstić information content (AvgIpc) is 2.48. The Balaban J connectivity index is 2.09. The number of nitrogens with zero attached hydrogens (tertiary/aromatic N) is 2. The van der Waals surface area contributed by atoms with Gasteiger partial charge in [-0.2, -0.15) is 0 Å². The van der Waals surface area contributed by atoms with Crippen LogP contribution in [0, 0.1) is 0 Å². The predicted molar refractivity (Wildman–Crippen MR) is 85.0 cm³/mol. The zero-order chi connectivity index (χ0) is 14.8. The number of amides is 1. The van der Waals surface area contributed by atoms with E-state index < -0.39 is 5.91 Å². The van der Waals surface area contributed by atoms with Crippen LogP contribution in [0.3, 0.4) is 0 Å². The molecule has 0 saturated carbocycles. The molecule has 0 spiro atoms. The van der Waals surface area contributed by atoms with Crippen molar-refractivity contribution in [2.45, 2.75) is 6.42 Å². The number of benzene rings is 1. The molecule has 5 heteroatoms. The summed E-state index contributed by atoms with van der Waals surface area (Å²) in [5, 5.41) is 0.898. The van der Waals surface area contributed by atoms with Gasteiger partial charge >= 0.3 is 0 Å². The zero-order valence-electron chi connectivity index (χ0n) is 11.1. The number of primary amides is 1. The summed E-state index contributed by atoms with van der Waals surface area (Å²) in [6, 6.07) is 11.6. The highest BCUT2D eigenvalue weighted by Gasteiger charge is 2.12. The topological polar surface area (TPSA) is 68.9 Å². The summed E-state index contributed by atoms with van der Waals surface area (Å²) in [5.41, 5.74) is 8.39. The minimum absolute atomic E-state index is 0.316. The fraction of sp³-hybridized carbons (Fsp3) is 0.0625. The van der Waals surface area contributed by atoms with E-state index >= 15 is 0 Å². The fourth-order valence-corrected chi connectivity index (χ4v) is 2.50. The Morgan fingerprint density at radius 2 is 1.95 bits per heavy atom. The number of aromatic nitrogens is 2. The van der Waals surface area contributed by atoms with E-state index in [0.29, 0.717) is 12.1 Å². The quantitative estimate of drug-likeness (QED) is 0.795. The number of rotatable bonds is 3. The summed E-state index contributed by atoms with van der Waals surface area (Å²) in [6.45, 7) is 0. The van der Waals surface area contributed by atoms with Crippen molar-refractivity contribution in [3.63, 3.8) is 0 Å². The Morgan fingerprint density at radius 1 is 1.19 bits per heavy atom. The highest BCUT2D eigenvalue weighted by Crippen LogP contribution is 2.20. The third-order valence-corrected chi connectivity index (χ3v) is 3.76. The first-order valence-electron chi connectivity index (χ1n) is 6.41. The molecule has 0 saturated heterocycles. The predicted octanol–water partition coefficient (Wildman–Crippen LogP) is 3.08. The summed E-state index contributed by atoms with van der Waals surface area (Å²) in [7, 11) is 0. The Labute approximate surface area is 130 Å². The van der Waals surface area contributed by atoms with Gasteiger partial charge in [-0.05, 0) is 41.8 Å². The first kappa shape index (κ1) is 13.7. The van der Waals surface area contributed by atoms with Crippen molar-refractivity contribution in [3.8, 4) is 0 Å².